The van der Waals surface area contributed by atoms with Gasteiger partial charge in [-0.1, -0.05) is 6.07 Å². The van der Waals surface area contributed by atoms with E-state index in [-0.39, 0.29) is 18.0 Å². The zero-order chi connectivity index (χ0) is 21.1. The van der Waals surface area contributed by atoms with Gasteiger partial charge < -0.3 is 10.2 Å². The molecule has 0 aliphatic carbocycles. The number of aryl methyl sites for hydroxylation is 1. The van der Waals surface area contributed by atoms with E-state index >= 15 is 0 Å². The summed E-state index contributed by atoms with van der Waals surface area (Å²) in [6, 6.07) is 10.7. The molecule has 1 fully saturated rings. The second-order valence-electron chi connectivity index (χ2n) is 6.95. The van der Waals surface area contributed by atoms with Crippen LogP contribution in [-0.4, -0.2) is 53.9 Å². The molecule has 0 radical (unpaired) electrons. The van der Waals surface area contributed by atoms with Crippen molar-refractivity contribution in [1.82, 2.24) is 19.3 Å². The predicted octanol–water partition coefficient (Wildman–Crippen LogP) is 2.57. The van der Waals surface area contributed by atoms with Gasteiger partial charge in [-0.15, -0.1) is 0 Å². The van der Waals surface area contributed by atoms with Crippen molar-refractivity contribution in [1.29, 1.82) is 0 Å². The van der Waals surface area contributed by atoms with Crippen molar-refractivity contribution in [3.63, 3.8) is 0 Å². The van der Waals surface area contributed by atoms with Crippen molar-refractivity contribution >= 4 is 27.5 Å². The molecule has 1 saturated heterocycles. The van der Waals surface area contributed by atoms with Gasteiger partial charge in [0.2, 0.25) is 10.0 Å². The number of halogens is 1. The van der Waals surface area contributed by atoms with Gasteiger partial charge in [-0.05, 0) is 42.8 Å². The molecule has 0 bridgehead atoms. The summed E-state index contributed by atoms with van der Waals surface area (Å²) in [6.45, 7) is 3.48. The third kappa shape index (κ3) is 4.39. The van der Waals surface area contributed by atoms with Crippen LogP contribution in [0.2, 0.25) is 0 Å². The highest BCUT2D eigenvalue weighted by Gasteiger charge is 2.29. The maximum Gasteiger partial charge on any atom is 0.243 e. The molecule has 1 N–H and O–H groups in total. The number of pyridine rings is 1. The molecule has 0 atom stereocenters. The molecule has 0 unspecified atom stereocenters. The number of nitrogens with zero attached hydrogens (tertiary/aromatic N) is 5. The molecule has 2 aromatic heterocycles. The Morgan fingerprint density at radius 1 is 0.967 bits per heavy atom. The Morgan fingerprint density at radius 3 is 2.47 bits per heavy atom. The monoisotopic (exact) mass is 428 g/mol. The molecular weight excluding hydrogens is 407 g/mol. The maximum atomic E-state index is 13.4. The molecule has 3 heterocycles. The van der Waals surface area contributed by atoms with Crippen LogP contribution in [0.4, 0.5) is 21.8 Å². The summed E-state index contributed by atoms with van der Waals surface area (Å²) in [5.74, 6) is 1.42. The molecule has 1 aliphatic rings. The first kappa shape index (κ1) is 20.2. The molecule has 3 aromatic rings. The fourth-order valence-corrected chi connectivity index (χ4v) is 4.71. The Morgan fingerprint density at radius 2 is 1.73 bits per heavy atom. The number of benzene rings is 1. The Kier molecular flexibility index (Phi) is 5.60. The zero-order valence-corrected chi connectivity index (χ0v) is 17.2. The molecule has 10 heteroatoms. The van der Waals surface area contributed by atoms with Crippen LogP contribution in [0.3, 0.4) is 0 Å². The summed E-state index contributed by atoms with van der Waals surface area (Å²) in [4.78, 5) is 14.8. The van der Waals surface area contributed by atoms with Gasteiger partial charge in [0.25, 0.3) is 0 Å². The topological polar surface area (TPSA) is 91.3 Å². The lowest BCUT2D eigenvalue weighted by Crippen LogP contribution is -2.48. The molecule has 1 aliphatic heterocycles. The van der Waals surface area contributed by atoms with Crippen LogP contribution in [0.5, 0.6) is 0 Å². The van der Waals surface area contributed by atoms with Crippen LogP contribution < -0.4 is 10.2 Å². The summed E-state index contributed by atoms with van der Waals surface area (Å²) in [6.07, 6.45) is 3.18. The summed E-state index contributed by atoms with van der Waals surface area (Å²) in [5, 5.41) is 3.15. The standard InChI is InChI=1S/C20H21FN6O2S/c1-15-5-6-22-18(11-15)25-19-13-20(24-14-23-19)26-7-9-27(10-8-26)30(28,29)17-4-2-3-16(21)12-17/h2-6,11-14H,7-10H2,1H3,(H,22,23,24,25). The van der Waals surface area contributed by atoms with Gasteiger partial charge in [0.15, 0.2) is 0 Å². The Hall–Kier alpha value is -3.11. The van der Waals surface area contributed by atoms with Gasteiger partial charge in [-0.2, -0.15) is 4.31 Å². The van der Waals surface area contributed by atoms with E-state index in [1.807, 2.05) is 24.0 Å². The number of hydrogen-bond acceptors (Lipinski definition) is 7. The number of rotatable bonds is 5. The maximum absolute atomic E-state index is 13.4. The highest BCUT2D eigenvalue weighted by Crippen LogP contribution is 2.22. The molecular formula is C20H21FN6O2S. The van der Waals surface area contributed by atoms with Crippen molar-refractivity contribution < 1.29 is 12.8 Å². The average molecular weight is 428 g/mol. The van der Waals surface area contributed by atoms with Crippen LogP contribution in [-0.2, 0) is 10.0 Å². The van der Waals surface area contributed by atoms with Gasteiger partial charge in [-0.25, -0.2) is 27.8 Å². The Balaban J connectivity index is 1.44. The van der Waals surface area contributed by atoms with Gasteiger partial charge in [0.05, 0.1) is 4.90 Å². The van der Waals surface area contributed by atoms with Gasteiger partial charge >= 0.3 is 0 Å². The zero-order valence-electron chi connectivity index (χ0n) is 16.4. The molecule has 0 spiro atoms. The van der Waals surface area contributed by atoms with Gasteiger partial charge in [0.1, 0.15) is 29.6 Å². The summed E-state index contributed by atoms with van der Waals surface area (Å²) < 4.78 is 40.4. The molecule has 8 nitrogen and oxygen atoms in total. The van der Waals surface area contributed by atoms with Crippen LogP contribution >= 0.6 is 0 Å². The van der Waals surface area contributed by atoms with Crippen molar-refractivity contribution in [2.45, 2.75) is 11.8 Å². The van der Waals surface area contributed by atoms with E-state index < -0.39 is 15.8 Å². The largest absolute Gasteiger partial charge is 0.354 e. The summed E-state index contributed by atoms with van der Waals surface area (Å²) >= 11 is 0. The molecule has 4 rings (SSSR count). The van der Waals surface area contributed by atoms with E-state index in [1.54, 1.807) is 12.3 Å². The predicted molar refractivity (Wildman–Crippen MR) is 112 cm³/mol. The van der Waals surface area contributed by atoms with E-state index in [0.29, 0.717) is 30.5 Å². The number of sulfonamides is 1. The van der Waals surface area contributed by atoms with E-state index in [9.17, 15) is 12.8 Å². The second-order valence-corrected chi connectivity index (χ2v) is 8.89. The van der Waals surface area contributed by atoms with Crippen molar-refractivity contribution in [3.05, 3.63) is 66.4 Å². The minimum Gasteiger partial charge on any atom is -0.354 e. The first-order valence-corrected chi connectivity index (χ1v) is 10.9. The summed E-state index contributed by atoms with van der Waals surface area (Å²) in [7, 11) is -3.73. The van der Waals surface area contributed by atoms with Crippen molar-refractivity contribution in [3.8, 4) is 0 Å². The normalized spacial score (nSPS) is 15.2. The lowest BCUT2D eigenvalue weighted by atomic mass is 10.3. The van der Waals surface area contributed by atoms with Crippen molar-refractivity contribution in [2.24, 2.45) is 0 Å². The summed E-state index contributed by atoms with van der Waals surface area (Å²) in [5.41, 5.74) is 1.08. The molecule has 156 valence electrons. The lowest BCUT2D eigenvalue weighted by Gasteiger charge is -2.34. The van der Waals surface area contributed by atoms with E-state index in [1.165, 1.54) is 28.8 Å². The molecule has 30 heavy (non-hydrogen) atoms. The van der Waals surface area contributed by atoms with Crippen LogP contribution in [0.25, 0.3) is 0 Å². The lowest BCUT2D eigenvalue weighted by molar-refractivity contribution is 0.383. The van der Waals surface area contributed by atoms with Gasteiger partial charge in [0, 0.05) is 38.4 Å². The minimum absolute atomic E-state index is 0.0323. The molecule has 0 amide bonds. The third-order valence-electron chi connectivity index (χ3n) is 4.82. The Labute approximate surface area is 174 Å². The smallest absolute Gasteiger partial charge is 0.243 e. The molecule has 1 aromatic carbocycles. The minimum atomic E-state index is -3.73. The second kappa shape index (κ2) is 8.33. The van der Waals surface area contributed by atoms with Gasteiger partial charge in [-0.3, -0.25) is 0 Å². The number of anilines is 3. The van der Waals surface area contributed by atoms with E-state index in [4.69, 9.17) is 0 Å². The Bertz CT molecular complexity index is 1150. The fraction of sp³-hybridized carbons (Fsp3) is 0.250. The highest BCUT2D eigenvalue weighted by atomic mass is 32.2. The number of piperazine rings is 1. The molecule has 0 saturated carbocycles. The third-order valence-corrected chi connectivity index (χ3v) is 6.72. The number of nitrogens with one attached hydrogen (secondary N) is 1. The van der Waals surface area contributed by atoms with E-state index in [2.05, 4.69) is 20.3 Å². The first-order chi connectivity index (χ1) is 14.4. The average Bonchev–Trinajstić information content (AvgIpc) is 2.74. The van der Waals surface area contributed by atoms with E-state index in [0.717, 1.165) is 11.6 Å². The number of aromatic nitrogens is 3. The SMILES string of the molecule is Cc1ccnc(Nc2cc(N3CCN(S(=O)(=O)c4cccc(F)c4)CC3)ncn2)c1. The van der Waals surface area contributed by atoms with Crippen LogP contribution in [0.1, 0.15) is 5.56 Å². The van der Waals surface area contributed by atoms with Crippen LogP contribution in [0, 0.1) is 12.7 Å². The quantitative estimate of drug-likeness (QED) is 0.668. The van der Waals surface area contributed by atoms with Crippen molar-refractivity contribution in [2.75, 3.05) is 36.4 Å². The van der Waals surface area contributed by atoms with Crippen LogP contribution in [0.15, 0.2) is 59.9 Å². The fourth-order valence-electron chi connectivity index (χ4n) is 3.26. The highest BCUT2D eigenvalue weighted by molar-refractivity contribution is 7.89. The number of hydrogen-bond donors (Lipinski definition) is 1. The first-order valence-electron chi connectivity index (χ1n) is 9.44.